The Hall–Kier alpha value is -0.780. The Labute approximate surface area is 100 Å². The van der Waals surface area contributed by atoms with Crippen molar-refractivity contribution in [1.29, 1.82) is 0 Å². The van der Waals surface area contributed by atoms with E-state index in [0.717, 1.165) is 5.92 Å². The third-order valence-electron chi connectivity index (χ3n) is 3.86. The van der Waals surface area contributed by atoms with Gasteiger partial charge in [0.15, 0.2) is 0 Å². The van der Waals surface area contributed by atoms with Gasteiger partial charge in [-0.05, 0) is 49.2 Å². The lowest BCUT2D eigenvalue weighted by Crippen LogP contribution is -2.06. The minimum atomic E-state index is 0.732. The number of allylic oxidation sites excluding steroid dienone is 6. The van der Waals surface area contributed by atoms with Crippen molar-refractivity contribution in [3.8, 4) is 0 Å². The van der Waals surface area contributed by atoms with Crippen LogP contribution in [0, 0.1) is 5.92 Å². The molecule has 2 aliphatic rings. The van der Waals surface area contributed by atoms with Crippen LogP contribution < -0.4 is 0 Å². The Kier molecular flexibility index (Phi) is 3.68. The van der Waals surface area contributed by atoms with Crippen LogP contribution in [0.3, 0.4) is 0 Å². The van der Waals surface area contributed by atoms with Gasteiger partial charge in [0.2, 0.25) is 0 Å². The van der Waals surface area contributed by atoms with Crippen molar-refractivity contribution >= 4 is 0 Å². The highest BCUT2D eigenvalue weighted by atomic mass is 14.2. The molecule has 0 saturated carbocycles. The fraction of sp³-hybridized carbons (Fsp3) is 0.625. The van der Waals surface area contributed by atoms with Crippen LogP contribution in [0.25, 0.3) is 0 Å². The van der Waals surface area contributed by atoms with Gasteiger partial charge in [0.25, 0.3) is 0 Å². The zero-order valence-electron chi connectivity index (χ0n) is 11.0. The van der Waals surface area contributed by atoms with Crippen molar-refractivity contribution in [2.45, 2.75) is 59.3 Å². The highest BCUT2D eigenvalue weighted by Crippen LogP contribution is 2.36. The first kappa shape index (κ1) is 11.7. The molecule has 0 unspecified atom stereocenters. The molecule has 2 rings (SSSR count). The van der Waals surface area contributed by atoms with E-state index in [1.165, 1.54) is 38.5 Å². The SMILES string of the molecule is CCCC1=CC2=C(C=C(C(C)C)CC2)CC1. The van der Waals surface area contributed by atoms with Crippen molar-refractivity contribution in [3.05, 3.63) is 34.4 Å². The standard InChI is InChI=1S/C16H24/c1-4-5-13-6-7-16-11-14(12(2)3)8-9-15(16)10-13/h10-12H,4-9H2,1-3H3. The molecule has 0 heteroatoms. The average molecular weight is 216 g/mol. The van der Waals surface area contributed by atoms with Gasteiger partial charge in [-0.15, -0.1) is 0 Å². The van der Waals surface area contributed by atoms with Gasteiger partial charge in [0.1, 0.15) is 0 Å². The van der Waals surface area contributed by atoms with Crippen molar-refractivity contribution in [2.75, 3.05) is 0 Å². The molecule has 2 aliphatic carbocycles. The molecule has 0 amide bonds. The van der Waals surface area contributed by atoms with Crippen molar-refractivity contribution in [2.24, 2.45) is 5.92 Å². The van der Waals surface area contributed by atoms with Gasteiger partial charge in [0, 0.05) is 0 Å². The van der Waals surface area contributed by atoms with Crippen LogP contribution in [-0.2, 0) is 0 Å². The molecule has 0 aromatic rings. The van der Waals surface area contributed by atoms with Crippen LogP contribution >= 0.6 is 0 Å². The molecule has 0 spiro atoms. The van der Waals surface area contributed by atoms with Gasteiger partial charge in [0.05, 0.1) is 0 Å². The van der Waals surface area contributed by atoms with E-state index in [0.29, 0.717) is 0 Å². The van der Waals surface area contributed by atoms with E-state index in [9.17, 15) is 0 Å². The van der Waals surface area contributed by atoms with Crippen LogP contribution in [0.1, 0.15) is 59.3 Å². The van der Waals surface area contributed by atoms with Crippen LogP contribution in [0.15, 0.2) is 34.4 Å². The first-order valence-corrected chi connectivity index (χ1v) is 6.82. The Balaban J connectivity index is 2.18. The van der Waals surface area contributed by atoms with Gasteiger partial charge in [-0.1, -0.05) is 50.5 Å². The maximum absolute atomic E-state index is 2.50. The van der Waals surface area contributed by atoms with Crippen LogP contribution in [0.5, 0.6) is 0 Å². The van der Waals surface area contributed by atoms with Crippen molar-refractivity contribution < 1.29 is 0 Å². The van der Waals surface area contributed by atoms with Crippen LogP contribution in [-0.4, -0.2) is 0 Å². The van der Waals surface area contributed by atoms with Crippen molar-refractivity contribution in [1.82, 2.24) is 0 Å². The zero-order chi connectivity index (χ0) is 11.5. The first-order chi connectivity index (χ1) is 7.70. The third kappa shape index (κ3) is 2.48. The van der Waals surface area contributed by atoms with Crippen molar-refractivity contribution in [3.63, 3.8) is 0 Å². The van der Waals surface area contributed by atoms with E-state index in [-0.39, 0.29) is 0 Å². The summed E-state index contributed by atoms with van der Waals surface area (Å²) in [6, 6.07) is 0. The Morgan fingerprint density at radius 2 is 1.69 bits per heavy atom. The Morgan fingerprint density at radius 1 is 1.00 bits per heavy atom. The summed E-state index contributed by atoms with van der Waals surface area (Å²) in [6.45, 7) is 6.92. The highest BCUT2D eigenvalue weighted by molar-refractivity contribution is 5.43. The molecule has 0 saturated heterocycles. The fourth-order valence-corrected chi connectivity index (χ4v) is 2.81. The highest BCUT2D eigenvalue weighted by Gasteiger charge is 2.17. The molecule has 0 aromatic carbocycles. The van der Waals surface area contributed by atoms with Crippen LogP contribution in [0.4, 0.5) is 0 Å². The van der Waals surface area contributed by atoms with E-state index in [1.807, 2.05) is 0 Å². The van der Waals surface area contributed by atoms with E-state index in [2.05, 4.69) is 32.9 Å². The topological polar surface area (TPSA) is 0 Å². The quantitative estimate of drug-likeness (QED) is 0.610. The number of rotatable bonds is 3. The summed E-state index contributed by atoms with van der Waals surface area (Å²) < 4.78 is 0. The van der Waals surface area contributed by atoms with Gasteiger partial charge < -0.3 is 0 Å². The maximum Gasteiger partial charge on any atom is -0.0239 e. The van der Waals surface area contributed by atoms with Crippen LogP contribution in [0.2, 0.25) is 0 Å². The molecule has 0 aromatic heterocycles. The largest absolute Gasteiger partial charge is 0.0696 e. The molecule has 0 heterocycles. The molecule has 0 aliphatic heterocycles. The molecule has 0 atom stereocenters. The molecule has 0 fully saturated rings. The predicted molar refractivity (Wildman–Crippen MR) is 71.4 cm³/mol. The first-order valence-electron chi connectivity index (χ1n) is 6.82. The summed E-state index contributed by atoms with van der Waals surface area (Å²) in [4.78, 5) is 0. The zero-order valence-corrected chi connectivity index (χ0v) is 11.0. The minimum Gasteiger partial charge on any atom is -0.0696 e. The van der Waals surface area contributed by atoms with Gasteiger partial charge in [-0.25, -0.2) is 0 Å². The van der Waals surface area contributed by atoms with Gasteiger partial charge >= 0.3 is 0 Å². The normalized spacial score (nSPS) is 20.8. The third-order valence-corrected chi connectivity index (χ3v) is 3.86. The van der Waals surface area contributed by atoms with Gasteiger partial charge in [-0.3, -0.25) is 0 Å². The average Bonchev–Trinajstić information content (AvgIpc) is 2.28. The van der Waals surface area contributed by atoms with Gasteiger partial charge in [-0.2, -0.15) is 0 Å². The molecule has 0 bridgehead atoms. The Morgan fingerprint density at radius 3 is 2.38 bits per heavy atom. The van der Waals surface area contributed by atoms with E-state index < -0.39 is 0 Å². The summed E-state index contributed by atoms with van der Waals surface area (Å²) in [5.41, 5.74) is 6.61. The second-order valence-corrected chi connectivity index (χ2v) is 5.48. The molecular weight excluding hydrogens is 192 g/mol. The maximum atomic E-state index is 2.50. The second-order valence-electron chi connectivity index (χ2n) is 5.48. The molecule has 16 heavy (non-hydrogen) atoms. The van der Waals surface area contributed by atoms with E-state index in [1.54, 1.807) is 22.3 Å². The lowest BCUT2D eigenvalue weighted by Gasteiger charge is -2.25. The predicted octanol–water partition coefficient (Wildman–Crippen LogP) is 5.18. The number of hydrogen-bond donors (Lipinski definition) is 0. The summed E-state index contributed by atoms with van der Waals surface area (Å²) in [5, 5.41) is 0. The Bertz CT molecular complexity index is 350. The van der Waals surface area contributed by atoms with E-state index >= 15 is 0 Å². The lowest BCUT2D eigenvalue weighted by atomic mass is 9.81. The summed E-state index contributed by atoms with van der Waals surface area (Å²) >= 11 is 0. The summed E-state index contributed by atoms with van der Waals surface area (Å²) in [5.74, 6) is 0.732. The molecule has 0 radical (unpaired) electrons. The van der Waals surface area contributed by atoms with E-state index in [4.69, 9.17) is 0 Å². The smallest absolute Gasteiger partial charge is 0.0239 e. The summed E-state index contributed by atoms with van der Waals surface area (Å²) in [6.07, 6.45) is 12.7. The molecule has 0 nitrogen and oxygen atoms in total. The number of hydrogen-bond acceptors (Lipinski definition) is 0. The lowest BCUT2D eigenvalue weighted by molar-refractivity contribution is 0.685. The minimum absolute atomic E-state index is 0.732. The summed E-state index contributed by atoms with van der Waals surface area (Å²) in [7, 11) is 0. The second kappa shape index (κ2) is 5.03. The fourth-order valence-electron chi connectivity index (χ4n) is 2.81. The molecular formula is C16H24. The molecule has 88 valence electrons. The molecule has 0 N–H and O–H groups in total. The monoisotopic (exact) mass is 216 g/mol.